The van der Waals surface area contributed by atoms with Gasteiger partial charge in [0.05, 0.1) is 33.3 Å². The molecular formula is C57H58Cl2FeN8O9. The van der Waals surface area contributed by atoms with Crippen LogP contribution < -0.4 is 21.7 Å². The second-order valence-electron chi connectivity index (χ2n) is 18.0. The van der Waals surface area contributed by atoms with Gasteiger partial charge in [-0.05, 0) is 37.6 Å². The molecule has 9 rings (SSSR count). The van der Waals surface area contributed by atoms with Crippen molar-refractivity contribution in [2.45, 2.75) is 79.7 Å². The number of aliphatic imine (C=N–C) groups is 2. The minimum Gasteiger partial charge on any atom is -0.480 e. The van der Waals surface area contributed by atoms with Crippen molar-refractivity contribution in [1.82, 2.24) is 17.1 Å². The number of carbonyl (C=O) groups is 4. The Morgan fingerprint density at radius 3 is 2.19 bits per heavy atom. The molecule has 0 spiro atoms. The molecule has 2 aromatic carbocycles. The normalized spacial score (nSPS) is 16.5. The van der Waals surface area contributed by atoms with E-state index in [9.17, 15) is 29.4 Å². The van der Waals surface area contributed by atoms with Crippen LogP contribution >= 0.6 is 23.2 Å². The van der Waals surface area contributed by atoms with E-state index in [-0.39, 0.29) is 26.1 Å². The number of aliphatic carboxylic acids is 3. The fourth-order valence-electron chi connectivity index (χ4n) is 8.79. The number of benzene rings is 2. The van der Waals surface area contributed by atoms with Gasteiger partial charge in [0.15, 0.2) is 6.79 Å². The summed E-state index contributed by atoms with van der Waals surface area (Å²) < 4.78 is 14.6. The first-order chi connectivity index (χ1) is 36.8. The average molecular weight is 1130 g/mol. The van der Waals surface area contributed by atoms with E-state index in [1.54, 1.807) is 36.5 Å². The van der Waals surface area contributed by atoms with Crippen molar-refractivity contribution in [3.8, 4) is 0 Å². The molecule has 0 aliphatic carbocycles. The maximum absolute atomic E-state index is 12.2. The first-order valence-corrected chi connectivity index (χ1v) is 26.1. The molecule has 4 aliphatic rings. The number of hydrogen-bond donors (Lipinski definition) is 6. The molecule has 0 fully saturated rings. The van der Waals surface area contributed by atoms with E-state index in [0.717, 1.165) is 95.0 Å². The van der Waals surface area contributed by atoms with Gasteiger partial charge in [-0.25, -0.2) is 9.78 Å². The number of para-hydroxylation sites is 1. The third kappa shape index (κ3) is 12.7. The minimum atomic E-state index is -1.00. The van der Waals surface area contributed by atoms with Crippen molar-refractivity contribution in [3.63, 3.8) is 0 Å². The molecule has 17 nitrogen and oxygen atoms in total. The van der Waals surface area contributed by atoms with Crippen LogP contribution in [0, 0.1) is 20.8 Å². The number of allylic oxidation sites excluding steroid dienone is 4. The van der Waals surface area contributed by atoms with Crippen molar-refractivity contribution in [2.24, 2.45) is 15.7 Å². The van der Waals surface area contributed by atoms with Crippen molar-refractivity contribution in [3.05, 3.63) is 173 Å². The van der Waals surface area contributed by atoms with E-state index in [1.807, 2.05) is 58.9 Å². The first-order valence-electron chi connectivity index (χ1n) is 24.3. The van der Waals surface area contributed by atoms with Gasteiger partial charge in [0, 0.05) is 24.9 Å². The van der Waals surface area contributed by atoms with Crippen LogP contribution in [0.2, 0.25) is 10.0 Å². The minimum absolute atomic E-state index is 0.0140. The molecule has 402 valence electrons. The van der Waals surface area contributed by atoms with E-state index < -0.39 is 29.9 Å². The maximum Gasteiger partial charge on any atom is 0.342 e. The number of hydrogen-bond acceptors (Lipinski definition) is 11. The second kappa shape index (κ2) is 25.1. The Morgan fingerprint density at radius 1 is 0.844 bits per heavy atom. The van der Waals surface area contributed by atoms with Gasteiger partial charge in [-0.2, -0.15) is 0 Å². The number of H-pyrrole nitrogens is 1. The number of nitrogens with one attached hydrogen (secondary N) is 2. The van der Waals surface area contributed by atoms with Crippen molar-refractivity contribution >= 4 is 100 Å². The standard InChI is InChI=1S/C34H34N4O4.C17H17Cl2NO3.C6H9N3O2.Fe/c1-7-21-17(3)25-13-26-19(5)23(9-11-33(39)40)31(37-26)16-32-24(10-12-34(41)42)20(6)28(38-32)15-30-22(8-2)18(4)27(36-30)14-29(21)35-25;1-3-22-10-23-17(21)12-6-4-5-7-14(12)20-16-13(18)9-8-11(2)15(16)19;7-5(6(10)11)1-4-2-8-3-9-4;/h7-8,13-16H,1-2,9-12H2,3-6H3,(H4,35,36,37,38,39,40,41,42);4-9,20H,3,10H2,1-2H3;2-3,5H,1,7H2,(H,8,9)(H,10,11);/q;;;+2/p-2/b25-13?,26-13-,27-14?,28-15-,29-14-,30-15?,31-16-,32-16?;;;/t;;5-;/m..0./s1. The van der Waals surface area contributed by atoms with Crippen LogP contribution in [0.4, 0.5) is 11.4 Å². The fourth-order valence-corrected chi connectivity index (χ4v) is 10.9. The van der Waals surface area contributed by atoms with Crippen molar-refractivity contribution in [2.75, 3.05) is 18.7 Å². The number of nitrogens with zero attached hydrogens (tertiary/aromatic N) is 5. The molecule has 0 saturated heterocycles. The Bertz CT molecular complexity index is 3560. The zero-order valence-electron chi connectivity index (χ0n) is 43.2. The van der Waals surface area contributed by atoms with Gasteiger partial charge in [-0.1, -0.05) is 41.4 Å². The molecule has 6 bridgehead atoms. The predicted molar refractivity (Wildman–Crippen MR) is 297 cm³/mol. The molecule has 0 saturated carbocycles. The third-order valence-electron chi connectivity index (χ3n) is 13.0. The first kappa shape index (κ1) is 57.1. The Balaban J connectivity index is 0.000000210. The number of ether oxygens (including phenoxy) is 2. The number of rotatable bonds is 17. The molecule has 0 radical (unpaired) electrons. The van der Waals surface area contributed by atoms with Gasteiger partial charge in [-0.15, -0.1) is 0 Å². The van der Waals surface area contributed by atoms with Gasteiger partial charge in [0.2, 0.25) is 0 Å². The number of carbonyl (C=O) groups excluding carboxylic acids is 1. The molecule has 77 heavy (non-hydrogen) atoms. The molecule has 5 aromatic rings. The van der Waals surface area contributed by atoms with E-state index in [0.29, 0.717) is 67.5 Å². The number of imidazole rings is 1. The van der Waals surface area contributed by atoms with E-state index in [2.05, 4.69) is 60.8 Å². The monoisotopic (exact) mass is 1120 g/mol. The number of nitrogens with two attached hydrogens (primary N) is 1. The van der Waals surface area contributed by atoms with Crippen LogP contribution in [0.3, 0.4) is 0 Å². The van der Waals surface area contributed by atoms with Crippen molar-refractivity contribution < 1.29 is 59.4 Å². The van der Waals surface area contributed by atoms with Gasteiger partial charge in [0.25, 0.3) is 0 Å². The largest absolute Gasteiger partial charge is 0.480 e. The molecule has 20 heteroatoms. The molecule has 1 atom stereocenters. The fraction of sp³-hybridized carbons (Fsp3) is 0.246. The van der Waals surface area contributed by atoms with Crippen LogP contribution in [-0.4, -0.2) is 87.2 Å². The summed E-state index contributed by atoms with van der Waals surface area (Å²) in [7, 11) is 0. The van der Waals surface area contributed by atoms with Crippen molar-refractivity contribution in [1.29, 1.82) is 0 Å². The number of fused-ring (bicyclic) bond motifs is 2. The Kier molecular flexibility index (Phi) is 18.6. The molecule has 7 N–H and O–H groups in total. The topological polar surface area (TPSA) is 249 Å². The Hall–Kier alpha value is -7.57. The summed E-state index contributed by atoms with van der Waals surface area (Å²) >= 11 is 13.0. The zero-order valence-corrected chi connectivity index (χ0v) is 45.9. The quantitative estimate of drug-likeness (QED) is 0.0221. The molecule has 0 amide bonds. The van der Waals surface area contributed by atoms with Gasteiger partial charge in [0.1, 0.15) is 6.04 Å². The number of halogens is 2. The Morgan fingerprint density at radius 2 is 1.53 bits per heavy atom. The molecule has 7 heterocycles. The number of carboxylic acid groups (broad SMARTS) is 3. The Labute approximate surface area is 461 Å². The summed E-state index contributed by atoms with van der Waals surface area (Å²) in [4.78, 5) is 62.4. The smallest absolute Gasteiger partial charge is 0.342 e. The molecule has 4 aliphatic heterocycles. The van der Waals surface area contributed by atoms with Crippen LogP contribution in [0.5, 0.6) is 0 Å². The predicted octanol–water partition coefficient (Wildman–Crippen LogP) is 9.30. The summed E-state index contributed by atoms with van der Waals surface area (Å²) in [6.07, 6.45) is 16.0. The second-order valence-corrected chi connectivity index (χ2v) is 20.0. The van der Waals surface area contributed by atoms with Gasteiger partial charge >= 0.3 is 269 Å². The summed E-state index contributed by atoms with van der Waals surface area (Å²) in [5.74, 6) is -3.22. The maximum atomic E-state index is 12.2. The van der Waals surface area contributed by atoms with E-state index in [1.165, 1.54) is 6.33 Å². The van der Waals surface area contributed by atoms with Crippen LogP contribution in [0.1, 0.15) is 95.3 Å². The summed E-state index contributed by atoms with van der Waals surface area (Å²) in [5.41, 5.74) is 21.2. The van der Waals surface area contributed by atoms with Gasteiger partial charge in [-0.3, -0.25) is 4.79 Å². The van der Waals surface area contributed by atoms with E-state index in [4.69, 9.17) is 53.5 Å². The number of anilines is 2. The number of aryl methyl sites for hydroxylation is 1. The van der Waals surface area contributed by atoms with Crippen LogP contribution in [0.15, 0.2) is 112 Å². The number of carboxylic acids is 3. The summed E-state index contributed by atoms with van der Waals surface area (Å²) in [6.45, 7) is 20.5. The van der Waals surface area contributed by atoms with E-state index >= 15 is 0 Å². The summed E-state index contributed by atoms with van der Waals surface area (Å²) in [5, 5.41) is 33.5. The number of aromatic amines is 1. The molecule has 3 aromatic heterocycles. The summed E-state index contributed by atoms with van der Waals surface area (Å²) in [6, 6.07) is 9.70. The third-order valence-corrected chi connectivity index (χ3v) is 15.3. The average Bonchev–Trinajstić information content (AvgIpc) is 4.25. The SMILES string of the molecule is C=CC1=C(C)C2=NC/1=C\c1c(C)c(C=C)c3[n]1[Fe][n]1/c(c(C)c(CCC(=O)O)/c1=C/C1=NC(=C\3)/C(C)=C1CCC(=O)O)=C\2.CCOCOC(=O)c1ccccc1Nc1c(Cl)ccc(C)c1Cl.N[C@@H](Cc1cnc[nH]1)C(=O)O. The van der Waals surface area contributed by atoms with Crippen LogP contribution in [0.25, 0.3) is 30.4 Å². The number of aromatic nitrogens is 4. The number of esters is 1. The molecular weight excluding hydrogens is 1070 g/mol. The zero-order chi connectivity index (χ0) is 55.8. The molecule has 0 unspecified atom stereocenters. The van der Waals surface area contributed by atoms with Gasteiger partial charge < -0.3 is 30.6 Å². The van der Waals surface area contributed by atoms with Crippen LogP contribution in [-0.2, 0) is 52.1 Å².